The summed E-state index contributed by atoms with van der Waals surface area (Å²) in [6, 6.07) is 2.69. The molecule has 0 aliphatic rings. The molecule has 0 atom stereocenters. The Bertz CT molecular complexity index is 365. The summed E-state index contributed by atoms with van der Waals surface area (Å²) in [6.07, 6.45) is 0. The largest absolute Gasteiger partial charge is 0.398 e. The molecule has 2 nitrogen and oxygen atoms in total. The minimum Gasteiger partial charge on any atom is -0.398 e. The second-order valence-electron chi connectivity index (χ2n) is 2.91. The monoisotopic (exact) mass is 213 g/mol. The molecule has 0 unspecified atom stereocenters. The topological polar surface area (TPSA) is 43.1 Å². The highest BCUT2D eigenvalue weighted by atomic mass is 32.2. The second kappa shape index (κ2) is 4.46. The van der Waals surface area contributed by atoms with Crippen molar-refractivity contribution in [3.05, 3.63) is 29.1 Å². The minimum absolute atomic E-state index is 0.104. The Hall–Kier alpha value is -1.03. The first-order chi connectivity index (χ1) is 6.56. The maximum absolute atomic E-state index is 13.0. The molecule has 0 saturated carbocycles. The first kappa shape index (κ1) is 11.0. The highest BCUT2D eigenvalue weighted by Gasteiger charge is 2.11. The molecule has 76 valence electrons. The lowest BCUT2D eigenvalue weighted by Gasteiger charge is -2.05. The number of nitrogen functional groups attached to an aromatic ring is 1. The fraction of sp³-hybridized carbons (Fsp3) is 0.300. The molecule has 0 aromatic heterocycles. The lowest BCUT2D eigenvalue weighted by molar-refractivity contribution is 0.109. The van der Waals surface area contributed by atoms with Gasteiger partial charge in [0.2, 0.25) is 5.12 Å². The molecule has 0 spiro atoms. The minimum atomic E-state index is -0.374. The molecule has 0 heterocycles. The Kier molecular flexibility index (Phi) is 3.52. The van der Waals surface area contributed by atoms with Crippen molar-refractivity contribution in [2.45, 2.75) is 13.8 Å². The van der Waals surface area contributed by atoms with Crippen molar-refractivity contribution in [3.63, 3.8) is 0 Å². The van der Waals surface area contributed by atoms with Gasteiger partial charge in [0.1, 0.15) is 5.82 Å². The van der Waals surface area contributed by atoms with Crippen molar-refractivity contribution < 1.29 is 9.18 Å². The fourth-order valence-corrected chi connectivity index (χ4v) is 1.68. The van der Waals surface area contributed by atoms with Crippen LogP contribution in [0.1, 0.15) is 22.8 Å². The smallest absolute Gasteiger partial charge is 0.221 e. The van der Waals surface area contributed by atoms with E-state index in [9.17, 15) is 9.18 Å². The van der Waals surface area contributed by atoms with E-state index in [0.29, 0.717) is 16.9 Å². The van der Waals surface area contributed by atoms with Crippen molar-refractivity contribution in [2.24, 2.45) is 0 Å². The van der Waals surface area contributed by atoms with Crippen LogP contribution < -0.4 is 5.73 Å². The molecule has 4 heteroatoms. The molecule has 14 heavy (non-hydrogen) atoms. The van der Waals surface area contributed by atoms with Crippen molar-refractivity contribution in [3.8, 4) is 0 Å². The van der Waals surface area contributed by atoms with E-state index in [4.69, 9.17) is 5.73 Å². The predicted molar refractivity (Wildman–Crippen MR) is 58.0 cm³/mol. The number of halogens is 1. The number of carbonyl (C=O) groups excluding carboxylic acids is 1. The summed E-state index contributed by atoms with van der Waals surface area (Å²) in [4.78, 5) is 11.5. The molecule has 1 aromatic carbocycles. The molecule has 0 aliphatic carbocycles. The number of anilines is 1. The van der Waals surface area contributed by atoms with Crippen LogP contribution in [-0.4, -0.2) is 10.9 Å². The van der Waals surface area contributed by atoms with Crippen LogP contribution >= 0.6 is 11.8 Å². The normalized spacial score (nSPS) is 10.2. The van der Waals surface area contributed by atoms with Crippen LogP contribution in [0.5, 0.6) is 0 Å². The number of hydrogen-bond acceptors (Lipinski definition) is 3. The third kappa shape index (κ3) is 2.26. The summed E-state index contributed by atoms with van der Waals surface area (Å²) < 4.78 is 13.0. The van der Waals surface area contributed by atoms with Crippen LogP contribution in [0.2, 0.25) is 0 Å². The molecule has 0 bridgehead atoms. The van der Waals surface area contributed by atoms with Crippen LogP contribution in [0.15, 0.2) is 12.1 Å². The summed E-state index contributed by atoms with van der Waals surface area (Å²) in [6.45, 7) is 3.50. The zero-order valence-electron chi connectivity index (χ0n) is 8.13. The van der Waals surface area contributed by atoms with Gasteiger partial charge in [0.25, 0.3) is 0 Å². The van der Waals surface area contributed by atoms with Gasteiger partial charge in [-0.25, -0.2) is 4.39 Å². The fourth-order valence-electron chi connectivity index (χ4n) is 1.08. The molecule has 1 rings (SSSR count). The number of nitrogens with two attached hydrogens (primary N) is 1. The third-order valence-corrected chi connectivity index (χ3v) is 2.60. The summed E-state index contributed by atoms with van der Waals surface area (Å²) in [5, 5.41) is -0.104. The zero-order valence-corrected chi connectivity index (χ0v) is 8.95. The zero-order chi connectivity index (χ0) is 10.7. The summed E-state index contributed by atoms with van der Waals surface area (Å²) in [5.41, 5.74) is 6.60. The lowest BCUT2D eigenvalue weighted by atomic mass is 10.1. The van der Waals surface area contributed by atoms with Crippen molar-refractivity contribution in [2.75, 3.05) is 11.5 Å². The molecule has 0 radical (unpaired) electrons. The van der Waals surface area contributed by atoms with Gasteiger partial charge in [-0.1, -0.05) is 18.7 Å². The van der Waals surface area contributed by atoms with E-state index in [1.54, 1.807) is 6.92 Å². The molecule has 0 aliphatic heterocycles. The third-order valence-electron chi connectivity index (χ3n) is 1.83. The average Bonchev–Trinajstić information content (AvgIpc) is 2.11. The second-order valence-corrected chi connectivity index (χ2v) is 4.15. The standard InChI is InChI=1S/C10H12FNOS/c1-3-14-10(13)7-4-6(2)8(11)5-9(7)12/h4-5H,3,12H2,1-2H3. The SMILES string of the molecule is CCSC(=O)c1cc(C)c(F)cc1N. The van der Waals surface area contributed by atoms with Gasteiger partial charge in [0, 0.05) is 5.69 Å². The Labute approximate surface area is 86.7 Å². The highest BCUT2D eigenvalue weighted by molar-refractivity contribution is 8.14. The summed E-state index contributed by atoms with van der Waals surface area (Å²) >= 11 is 1.17. The Morgan fingerprint density at radius 2 is 2.21 bits per heavy atom. The maximum Gasteiger partial charge on any atom is 0.221 e. The van der Waals surface area contributed by atoms with Crippen LogP contribution in [0.3, 0.4) is 0 Å². The maximum atomic E-state index is 13.0. The number of thioether (sulfide) groups is 1. The number of rotatable bonds is 2. The first-order valence-corrected chi connectivity index (χ1v) is 5.27. The Morgan fingerprint density at radius 3 is 2.79 bits per heavy atom. The predicted octanol–water partition coefficient (Wildman–Crippen LogP) is 2.61. The van der Waals surface area contributed by atoms with Gasteiger partial charge >= 0.3 is 0 Å². The molecule has 2 N–H and O–H groups in total. The number of aryl methyl sites for hydroxylation is 1. The van der Waals surface area contributed by atoms with Crippen LogP contribution in [0.25, 0.3) is 0 Å². The van der Waals surface area contributed by atoms with E-state index in [0.717, 1.165) is 0 Å². The lowest BCUT2D eigenvalue weighted by Crippen LogP contribution is -2.02. The van der Waals surface area contributed by atoms with Crippen molar-refractivity contribution >= 4 is 22.6 Å². The summed E-state index contributed by atoms with van der Waals surface area (Å²) in [5.74, 6) is 0.315. The average molecular weight is 213 g/mol. The van der Waals surface area contributed by atoms with Gasteiger partial charge in [0.15, 0.2) is 0 Å². The molecular weight excluding hydrogens is 201 g/mol. The highest BCUT2D eigenvalue weighted by Crippen LogP contribution is 2.22. The van der Waals surface area contributed by atoms with Crippen LogP contribution in [0, 0.1) is 12.7 Å². The Balaban J connectivity index is 3.09. The van der Waals surface area contributed by atoms with E-state index in [1.807, 2.05) is 6.92 Å². The molecule has 0 amide bonds. The van der Waals surface area contributed by atoms with Gasteiger partial charge in [-0.05, 0) is 30.4 Å². The number of benzene rings is 1. The molecule has 0 fully saturated rings. The molecular formula is C10H12FNOS. The van der Waals surface area contributed by atoms with E-state index in [1.165, 1.54) is 23.9 Å². The molecule has 0 saturated heterocycles. The van der Waals surface area contributed by atoms with Crippen molar-refractivity contribution in [1.29, 1.82) is 0 Å². The van der Waals surface area contributed by atoms with Gasteiger partial charge < -0.3 is 5.73 Å². The van der Waals surface area contributed by atoms with Gasteiger partial charge in [-0.2, -0.15) is 0 Å². The number of carbonyl (C=O) groups is 1. The molecule has 1 aromatic rings. The quantitative estimate of drug-likeness (QED) is 0.768. The van der Waals surface area contributed by atoms with E-state index >= 15 is 0 Å². The van der Waals surface area contributed by atoms with Gasteiger partial charge in [-0.3, -0.25) is 4.79 Å². The van der Waals surface area contributed by atoms with E-state index < -0.39 is 0 Å². The summed E-state index contributed by atoms with van der Waals surface area (Å²) in [7, 11) is 0. The van der Waals surface area contributed by atoms with E-state index in [-0.39, 0.29) is 16.6 Å². The van der Waals surface area contributed by atoms with Crippen LogP contribution in [0.4, 0.5) is 10.1 Å². The van der Waals surface area contributed by atoms with Gasteiger partial charge in [-0.15, -0.1) is 0 Å². The van der Waals surface area contributed by atoms with Crippen LogP contribution in [-0.2, 0) is 0 Å². The first-order valence-electron chi connectivity index (χ1n) is 4.29. The van der Waals surface area contributed by atoms with E-state index in [2.05, 4.69) is 0 Å². The van der Waals surface area contributed by atoms with Crippen molar-refractivity contribution in [1.82, 2.24) is 0 Å². The van der Waals surface area contributed by atoms with Gasteiger partial charge in [0.05, 0.1) is 5.56 Å². The Morgan fingerprint density at radius 1 is 1.57 bits per heavy atom. The number of hydrogen-bond donors (Lipinski definition) is 1.